The fraction of sp³-hybridized carbons (Fsp3) is 0.333. The molecule has 0 aliphatic rings. The number of aryl methyl sites for hydroxylation is 1. The second-order valence-electron chi connectivity index (χ2n) is 5.09. The first-order valence-corrected chi connectivity index (χ1v) is 8.80. The number of rotatable bonds is 7. The summed E-state index contributed by atoms with van der Waals surface area (Å²) in [4.78, 5) is 12.5. The molecule has 0 spiro atoms. The van der Waals surface area contributed by atoms with E-state index in [9.17, 15) is 13.2 Å². The van der Waals surface area contributed by atoms with E-state index in [0.717, 1.165) is 5.56 Å². The van der Waals surface area contributed by atoms with Crippen LogP contribution >= 0.6 is 12.4 Å². The lowest BCUT2D eigenvalue weighted by Crippen LogP contribution is -2.38. The van der Waals surface area contributed by atoms with Gasteiger partial charge in [-0.1, -0.05) is 18.2 Å². The van der Waals surface area contributed by atoms with Gasteiger partial charge in [0, 0.05) is 25.4 Å². The Labute approximate surface area is 147 Å². The summed E-state index contributed by atoms with van der Waals surface area (Å²) in [5.74, 6) is -0.435. The van der Waals surface area contributed by atoms with E-state index in [-0.39, 0.29) is 35.5 Å². The SMILES string of the molecule is CNC(C(=O)NCCS(=O)(=O)c1ccccc1)c1cnn(C)c1.Cl. The maximum atomic E-state index is 12.2. The van der Waals surface area contributed by atoms with E-state index in [0.29, 0.717) is 0 Å². The average molecular weight is 373 g/mol. The number of aromatic nitrogens is 2. The Bertz CT molecular complexity index is 762. The lowest BCUT2D eigenvalue weighted by atomic mass is 10.1. The Balaban J connectivity index is 0.00000288. The summed E-state index contributed by atoms with van der Waals surface area (Å²) in [7, 11) is 0.0286. The van der Waals surface area contributed by atoms with E-state index < -0.39 is 15.9 Å². The van der Waals surface area contributed by atoms with E-state index >= 15 is 0 Å². The van der Waals surface area contributed by atoms with Crippen LogP contribution in [0.3, 0.4) is 0 Å². The van der Waals surface area contributed by atoms with Gasteiger partial charge in [-0.3, -0.25) is 9.48 Å². The smallest absolute Gasteiger partial charge is 0.241 e. The van der Waals surface area contributed by atoms with Gasteiger partial charge in [-0.15, -0.1) is 12.4 Å². The Hall–Kier alpha value is -1.90. The number of nitrogens with one attached hydrogen (secondary N) is 2. The third kappa shape index (κ3) is 5.05. The third-order valence-electron chi connectivity index (χ3n) is 3.38. The number of halogens is 1. The first kappa shape index (κ1) is 20.1. The lowest BCUT2D eigenvalue weighted by molar-refractivity contribution is -0.123. The van der Waals surface area contributed by atoms with Crippen LogP contribution in [0.1, 0.15) is 11.6 Å². The van der Waals surface area contributed by atoms with Gasteiger partial charge in [0.25, 0.3) is 0 Å². The number of carbonyl (C=O) groups excluding carboxylic acids is 1. The highest BCUT2D eigenvalue weighted by Crippen LogP contribution is 2.12. The molecule has 2 aromatic rings. The minimum Gasteiger partial charge on any atom is -0.353 e. The molecule has 1 heterocycles. The van der Waals surface area contributed by atoms with Crippen molar-refractivity contribution in [3.8, 4) is 0 Å². The van der Waals surface area contributed by atoms with Crippen molar-refractivity contribution in [2.45, 2.75) is 10.9 Å². The first-order chi connectivity index (χ1) is 10.9. The highest BCUT2D eigenvalue weighted by atomic mass is 35.5. The number of hydrogen-bond acceptors (Lipinski definition) is 5. The van der Waals surface area contributed by atoms with E-state index in [2.05, 4.69) is 15.7 Å². The zero-order valence-corrected chi connectivity index (χ0v) is 15.1. The van der Waals surface area contributed by atoms with Gasteiger partial charge in [-0.2, -0.15) is 5.10 Å². The summed E-state index contributed by atoms with van der Waals surface area (Å²) >= 11 is 0. The lowest BCUT2D eigenvalue weighted by Gasteiger charge is -2.14. The largest absolute Gasteiger partial charge is 0.353 e. The third-order valence-corrected chi connectivity index (χ3v) is 5.11. The van der Waals surface area contributed by atoms with Crippen molar-refractivity contribution in [3.05, 3.63) is 48.3 Å². The van der Waals surface area contributed by atoms with Crippen molar-refractivity contribution in [2.75, 3.05) is 19.3 Å². The molecule has 0 saturated carbocycles. The molecular weight excluding hydrogens is 352 g/mol. The van der Waals surface area contributed by atoms with E-state index in [1.807, 2.05) is 0 Å². The van der Waals surface area contributed by atoms with Crippen LogP contribution in [0.25, 0.3) is 0 Å². The molecule has 1 aromatic carbocycles. The maximum absolute atomic E-state index is 12.2. The van der Waals surface area contributed by atoms with Gasteiger partial charge in [-0.25, -0.2) is 8.42 Å². The minimum absolute atomic E-state index is 0. The predicted octanol–water partition coefficient (Wildman–Crippen LogP) is 0.693. The summed E-state index contributed by atoms with van der Waals surface area (Å²) in [6, 6.07) is 7.62. The Kier molecular flexibility index (Phi) is 7.40. The molecule has 1 aromatic heterocycles. The zero-order valence-electron chi connectivity index (χ0n) is 13.5. The van der Waals surface area contributed by atoms with E-state index in [1.54, 1.807) is 61.5 Å². The highest BCUT2D eigenvalue weighted by molar-refractivity contribution is 7.91. The van der Waals surface area contributed by atoms with Crippen LogP contribution in [0.15, 0.2) is 47.6 Å². The van der Waals surface area contributed by atoms with Gasteiger partial charge in [-0.05, 0) is 19.2 Å². The molecule has 1 unspecified atom stereocenters. The second-order valence-corrected chi connectivity index (χ2v) is 7.20. The molecular formula is C15H21ClN4O3S. The number of amides is 1. The van der Waals surface area contributed by atoms with Crippen molar-refractivity contribution < 1.29 is 13.2 Å². The fourth-order valence-corrected chi connectivity index (χ4v) is 3.37. The van der Waals surface area contributed by atoms with Gasteiger partial charge in [0.2, 0.25) is 5.91 Å². The molecule has 2 rings (SSSR count). The summed E-state index contributed by atoms with van der Waals surface area (Å²) in [5.41, 5.74) is 0.721. The van der Waals surface area contributed by atoms with Crippen LogP contribution in [0.2, 0.25) is 0 Å². The van der Waals surface area contributed by atoms with E-state index in [1.165, 1.54) is 0 Å². The monoisotopic (exact) mass is 372 g/mol. The van der Waals surface area contributed by atoms with E-state index in [4.69, 9.17) is 0 Å². The number of hydrogen-bond donors (Lipinski definition) is 2. The second kappa shape index (κ2) is 8.81. The fourth-order valence-electron chi connectivity index (χ4n) is 2.19. The zero-order chi connectivity index (χ0) is 16.9. The van der Waals surface area contributed by atoms with Gasteiger partial charge in [0.15, 0.2) is 9.84 Å². The van der Waals surface area contributed by atoms with Gasteiger partial charge < -0.3 is 10.6 Å². The molecule has 1 atom stereocenters. The summed E-state index contributed by atoms with van der Waals surface area (Å²) in [5, 5.41) is 9.57. The number of carbonyl (C=O) groups is 1. The normalized spacial score (nSPS) is 12.2. The maximum Gasteiger partial charge on any atom is 0.241 e. The van der Waals surface area contributed by atoms with Crippen molar-refractivity contribution in [1.29, 1.82) is 0 Å². The molecule has 0 aliphatic heterocycles. The quantitative estimate of drug-likeness (QED) is 0.746. The van der Waals surface area contributed by atoms with Crippen molar-refractivity contribution >= 4 is 28.2 Å². The topological polar surface area (TPSA) is 93.1 Å². The van der Waals surface area contributed by atoms with Gasteiger partial charge in [0.05, 0.1) is 16.8 Å². The Morgan fingerprint density at radius 3 is 2.50 bits per heavy atom. The molecule has 0 bridgehead atoms. The Morgan fingerprint density at radius 1 is 1.29 bits per heavy atom. The molecule has 0 saturated heterocycles. The molecule has 0 aliphatic carbocycles. The standard InChI is InChI=1S/C15H20N4O3S.ClH/c1-16-14(12-10-18-19(2)11-12)15(20)17-8-9-23(21,22)13-6-4-3-5-7-13;/h3-7,10-11,14,16H,8-9H2,1-2H3,(H,17,20);1H. The van der Waals surface area contributed by atoms with Crippen molar-refractivity contribution in [3.63, 3.8) is 0 Å². The van der Waals surface area contributed by atoms with Crippen LogP contribution in [-0.4, -0.2) is 43.5 Å². The van der Waals surface area contributed by atoms with Crippen LogP contribution < -0.4 is 10.6 Å². The first-order valence-electron chi connectivity index (χ1n) is 7.15. The average Bonchev–Trinajstić information content (AvgIpc) is 2.95. The number of benzene rings is 1. The van der Waals surface area contributed by atoms with Crippen molar-refractivity contribution in [2.24, 2.45) is 7.05 Å². The molecule has 9 heteroatoms. The van der Waals surface area contributed by atoms with Gasteiger partial charge >= 0.3 is 0 Å². The van der Waals surface area contributed by atoms with Crippen LogP contribution in [-0.2, 0) is 21.7 Å². The summed E-state index contributed by atoms with van der Waals surface area (Å²) in [6.07, 6.45) is 3.34. The molecule has 0 radical (unpaired) electrons. The molecule has 132 valence electrons. The molecule has 2 N–H and O–H groups in total. The van der Waals surface area contributed by atoms with Crippen LogP contribution in [0.4, 0.5) is 0 Å². The summed E-state index contributed by atoms with van der Waals surface area (Å²) in [6.45, 7) is 0.0501. The number of nitrogens with zero attached hydrogens (tertiary/aromatic N) is 2. The van der Waals surface area contributed by atoms with Crippen molar-refractivity contribution in [1.82, 2.24) is 20.4 Å². The van der Waals surface area contributed by atoms with Crippen LogP contribution in [0.5, 0.6) is 0 Å². The molecule has 24 heavy (non-hydrogen) atoms. The number of likely N-dealkylation sites (N-methyl/N-ethyl adjacent to an activating group) is 1. The molecule has 0 fully saturated rings. The van der Waals surface area contributed by atoms with Gasteiger partial charge in [0.1, 0.15) is 6.04 Å². The molecule has 7 nitrogen and oxygen atoms in total. The highest BCUT2D eigenvalue weighted by Gasteiger charge is 2.21. The van der Waals surface area contributed by atoms with Crippen LogP contribution in [0, 0.1) is 0 Å². The predicted molar refractivity (Wildman–Crippen MR) is 93.8 cm³/mol. The minimum atomic E-state index is -3.40. The number of sulfone groups is 1. The molecule has 1 amide bonds. The summed E-state index contributed by atoms with van der Waals surface area (Å²) < 4.78 is 25.9. The Morgan fingerprint density at radius 2 is 1.96 bits per heavy atom.